The van der Waals surface area contributed by atoms with E-state index in [1.165, 1.54) is 5.56 Å². The molecule has 1 heterocycles. The smallest absolute Gasteiger partial charge is 0.0470 e. The van der Waals surface area contributed by atoms with Crippen LogP contribution in [0.1, 0.15) is 12.0 Å². The van der Waals surface area contributed by atoms with Gasteiger partial charge in [0, 0.05) is 36.7 Å². The average molecular weight is 289 g/mol. The van der Waals surface area contributed by atoms with Gasteiger partial charge in [0.15, 0.2) is 0 Å². The minimum atomic E-state index is 0.130. The standard InChI is InChI=1S/C17H21ClN2/c18-16-6-4-15(5-7-16)14-17(8-2-1-3-9-17)20-12-10-19-11-13-20/h1-8,19H,9-14H2. The molecular formula is C17H21ClN2. The number of benzene rings is 1. The molecule has 1 aromatic rings. The Morgan fingerprint density at radius 1 is 1.10 bits per heavy atom. The third-order valence-electron chi connectivity index (χ3n) is 4.30. The third-order valence-corrected chi connectivity index (χ3v) is 4.55. The van der Waals surface area contributed by atoms with E-state index < -0.39 is 0 Å². The Morgan fingerprint density at radius 2 is 1.85 bits per heavy atom. The summed E-state index contributed by atoms with van der Waals surface area (Å²) in [6, 6.07) is 8.28. The highest BCUT2D eigenvalue weighted by atomic mass is 35.5. The van der Waals surface area contributed by atoms with Crippen LogP contribution in [0.25, 0.3) is 0 Å². The molecule has 0 radical (unpaired) electrons. The normalized spacial score (nSPS) is 26.9. The van der Waals surface area contributed by atoms with E-state index in [4.69, 9.17) is 11.6 Å². The number of nitrogens with zero attached hydrogens (tertiary/aromatic N) is 1. The molecule has 1 fully saturated rings. The summed E-state index contributed by atoms with van der Waals surface area (Å²) in [6.07, 6.45) is 11.2. The second-order valence-corrected chi connectivity index (χ2v) is 6.07. The van der Waals surface area contributed by atoms with Gasteiger partial charge in [-0.3, -0.25) is 4.90 Å². The van der Waals surface area contributed by atoms with Gasteiger partial charge in [0.05, 0.1) is 0 Å². The van der Waals surface area contributed by atoms with E-state index in [0.717, 1.165) is 44.0 Å². The van der Waals surface area contributed by atoms with Crippen LogP contribution in [0.15, 0.2) is 48.6 Å². The fourth-order valence-electron chi connectivity index (χ4n) is 3.20. The molecule has 1 atom stereocenters. The number of piperazine rings is 1. The summed E-state index contributed by atoms with van der Waals surface area (Å²) in [5.41, 5.74) is 1.48. The number of halogens is 1. The van der Waals surface area contributed by atoms with Crippen molar-refractivity contribution in [1.29, 1.82) is 0 Å². The van der Waals surface area contributed by atoms with E-state index in [1.807, 2.05) is 12.1 Å². The van der Waals surface area contributed by atoms with E-state index in [2.05, 4.69) is 46.7 Å². The lowest BCUT2D eigenvalue weighted by molar-refractivity contribution is 0.113. The van der Waals surface area contributed by atoms with Gasteiger partial charge in [-0.2, -0.15) is 0 Å². The average Bonchev–Trinajstić information content (AvgIpc) is 2.52. The zero-order chi connectivity index (χ0) is 13.8. The molecule has 0 spiro atoms. The van der Waals surface area contributed by atoms with Crippen molar-refractivity contribution >= 4 is 11.6 Å². The molecule has 2 aliphatic rings. The van der Waals surface area contributed by atoms with E-state index in [0.29, 0.717) is 0 Å². The van der Waals surface area contributed by atoms with Gasteiger partial charge >= 0.3 is 0 Å². The molecule has 1 aliphatic carbocycles. The third kappa shape index (κ3) is 2.98. The Kier molecular flexibility index (Phi) is 4.25. The maximum atomic E-state index is 5.99. The van der Waals surface area contributed by atoms with E-state index in [9.17, 15) is 0 Å². The highest BCUT2D eigenvalue weighted by Gasteiger charge is 2.34. The van der Waals surface area contributed by atoms with E-state index in [1.54, 1.807) is 0 Å². The number of allylic oxidation sites excluding steroid dienone is 2. The lowest BCUT2D eigenvalue weighted by atomic mass is 9.82. The Labute approximate surface area is 126 Å². The molecule has 2 nitrogen and oxygen atoms in total. The van der Waals surface area contributed by atoms with Crippen LogP contribution < -0.4 is 5.32 Å². The van der Waals surface area contributed by atoms with Crippen molar-refractivity contribution in [1.82, 2.24) is 10.2 Å². The van der Waals surface area contributed by atoms with Crippen LogP contribution in [-0.2, 0) is 6.42 Å². The van der Waals surface area contributed by atoms with Crippen molar-refractivity contribution in [3.05, 3.63) is 59.2 Å². The van der Waals surface area contributed by atoms with Gasteiger partial charge in [0.25, 0.3) is 0 Å². The van der Waals surface area contributed by atoms with Gasteiger partial charge in [0.1, 0.15) is 0 Å². The molecule has 1 saturated heterocycles. The summed E-state index contributed by atoms with van der Waals surface area (Å²) in [5, 5.41) is 4.25. The second-order valence-electron chi connectivity index (χ2n) is 5.64. The Hall–Kier alpha value is -1.09. The molecule has 1 unspecified atom stereocenters. The summed E-state index contributed by atoms with van der Waals surface area (Å²) in [7, 11) is 0. The summed E-state index contributed by atoms with van der Waals surface area (Å²) in [4.78, 5) is 2.62. The minimum Gasteiger partial charge on any atom is -0.314 e. The fourth-order valence-corrected chi connectivity index (χ4v) is 3.32. The van der Waals surface area contributed by atoms with Crippen molar-refractivity contribution in [2.75, 3.05) is 26.2 Å². The first-order chi connectivity index (χ1) is 9.78. The molecule has 1 N–H and O–H groups in total. The van der Waals surface area contributed by atoms with Crippen molar-refractivity contribution in [2.45, 2.75) is 18.4 Å². The molecule has 1 aliphatic heterocycles. The maximum Gasteiger partial charge on any atom is 0.0470 e. The first kappa shape index (κ1) is 13.9. The number of hydrogen-bond acceptors (Lipinski definition) is 2. The number of nitrogens with one attached hydrogen (secondary N) is 1. The van der Waals surface area contributed by atoms with Gasteiger partial charge in [-0.25, -0.2) is 0 Å². The van der Waals surface area contributed by atoms with Gasteiger partial charge in [-0.1, -0.05) is 48.0 Å². The van der Waals surface area contributed by atoms with Crippen LogP contribution in [0.3, 0.4) is 0 Å². The lowest BCUT2D eigenvalue weighted by Crippen LogP contribution is -2.56. The van der Waals surface area contributed by atoms with E-state index >= 15 is 0 Å². The van der Waals surface area contributed by atoms with Crippen LogP contribution in [0.5, 0.6) is 0 Å². The van der Waals surface area contributed by atoms with Gasteiger partial charge in [-0.05, 0) is 30.5 Å². The first-order valence-corrected chi connectivity index (χ1v) is 7.71. The van der Waals surface area contributed by atoms with Crippen LogP contribution >= 0.6 is 11.6 Å². The molecule has 0 bridgehead atoms. The highest BCUT2D eigenvalue weighted by Crippen LogP contribution is 2.30. The first-order valence-electron chi connectivity index (χ1n) is 7.33. The molecule has 0 aromatic heterocycles. The monoisotopic (exact) mass is 288 g/mol. The maximum absolute atomic E-state index is 5.99. The van der Waals surface area contributed by atoms with Crippen LogP contribution in [-0.4, -0.2) is 36.6 Å². The van der Waals surface area contributed by atoms with Gasteiger partial charge in [-0.15, -0.1) is 0 Å². The second kappa shape index (κ2) is 6.13. The number of rotatable bonds is 3. The molecular weight excluding hydrogens is 268 g/mol. The highest BCUT2D eigenvalue weighted by molar-refractivity contribution is 6.30. The summed E-state index contributed by atoms with van der Waals surface area (Å²) >= 11 is 5.99. The largest absolute Gasteiger partial charge is 0.314 e. The van der Waals surface area contributed by atoms with Crippen LogP contribution in [0.2, 0.25) is 5.02 Å². The summed E-state index contributed by atoms with van der Waals surface area (Å²) in [6.45, 7) is 4.40. The van der Waals surface area contributed by atoms with E-state index in [-0.39, 0.29) is 5.54 Å². The number of hydrogen-bond donors (Lipinski definition) is 1. The molecule has 106 valence electrons. The predicted molar refractivity (Wildman–Crippen MR) is 85.2 cm³/mol. The predicted octanol–water partition coefficient (Wildman–Crippen LogP) is 3.04. The van der Waals surface area contributed by atoms with Gasteiger partial charge < -0.3 is 5.32 Å². The molecule has 3 heteroatoms. The molecule has 1 aromatic carbocycles. The zero-order valence-corrected chi connectivity index (χ0v) is 12.4. The van der Waals surface area contributed by atoms with Crippen molar-refractivity contribution in [2.24, 2.45) is 0 Å². The Bertz CT molecular complexity index is 500. The Morgan fingerprint density at radius 3 is 2.50 bits per heavy atom. The van der Waals surface area contributed by atoms with Crippen molar-refractivity contribution in [3.63, 3.8) is 0 Å². The van der Waals surface area contributed by atoms with Crippen LogP contribution in [0.4, 0.5) is 0 Å². The molecule has 0 saturated carbocycles. The quantitative estimate of drug-likeness (QED) is 0.920. The zero-order valence-electron chi connectivity index (χ0n) is 11.7. The summed E-state index contributed by atoms with van der Waals surface area (Å²) < 4.78 is 0. The van der Waals surface area contributed by atoms with Crippen molar-refractivity contribution < 1.29 is 0 Å². The van der Waals surface area contributed by atoms with Crippen molar-refractivity contribution in [3.8, 4) is 0 Å². The molecule has 20 heavy (non-hydrogen) atoms. The minimum absolute atomic E-state index is 0.130. The molecule has 3 rings (SSSR count). The Balaban J connectivity index is 1.83. The van der Waals surface area contributed by atoms with Crippen LogP contribution in [0, 0.1) is 0 Å². The van der Waals surface area contributed by atoms with Gasteiger partial charge in [0.2, 0.25) is 0 Å². The fraction of sp³-hybridized carbons (Fsp3) is 0.412. The SMILES string of the molecule is Clc1ccc(CC2(N3CCNCC3)C=CC=CC2)cc1. The molecule has 0 amide bonds. The topological polar surface area (TPSA) is 15.3 Å². The lowest BCUT2D eigenvalue weighted by Gasteiger charge is -2.45. The summed E-state index contributed by atoms with van der Waals surface area (Å²) in [5.74, 6) is 0.